The molecule has 2 N–H and O–H groups in total. The number of rotatable bonds is 4. The molecule has 6 heteroatoms. The van der Waals surface area contributed by atoms with Crippen molar-refractivity contribution < 1.29 is 14.3 Å². The second-order valence-corrected chi connectivity index (χ2v) is 3.77. The smallest absolute Gasteiger partial charge is 0.410 e. The first-order valence-corrected chi connectivity index (χ1v) is 6.16. The molecule has 1 rings (SSSR count). The maximum absolute atomic E-state index is 11.9. The molecule has 1 aromatic rings. The van der Waals surface area contributed by atoms with Crippen LogP contribution >= 0.6 is 0 Å². The number of nitrogens with one attached hydrogen (secondary N) is 2. The third kappa shape index (κ3) is 4.50. The number of ether oxygens (including phenoxy) is 1. The summed E-state index contributed by atoms with van der Waals surface area (Å²) >= 11 is 0. The maximum Gasteiger partial charge on any atom is 0.412 e. The minimum absolute atomic E-state index is 0.179. The van der Waals surface area contributed by atoms with E-state index in [4.69, 9.17) is 4.74 Å². The van der Waals surface area contributed by atoms with E-state index in [1.165, 1.54) is 7.05 Å². The highest BCUT2D eigenvalue weighted by Crippen LogP contribution is 2.17. The van der Waals surface area contributed by atoms with Gasteiger partial charge in [0.05, 0.1) is 0 Å². The fraction of sp³-hybridized carbons (Fsp3) is 0.385. The van der Waals surface area contributed by atoms with Gasteiger partial charge in [0.2, 0.25) is 0 Å². The molecule has 0 aliphatic carbocycles. The first-order valence-electron chi connectivity index (χ1n) is 6.16. The van der Waals surface area contributed by atoms with E-state index in [2.05, 4.69) is 10.6 Å². The Bertz CT molecular complexity index is 445. The van der Waals surface area contributed by atoms with E-state index in [0.717, 1.165) is 0 Å². The second kappa shape index (κ2) is 7.25. The van der Waals surface area contributed by atoms with Gasteiger partial charge in [-0.2, -0.15) is 0 Å². The largest absolute Gasteiger partial charge is 0.412 e. The van der Waals surface area contributed by atoms with Crippen LogP contribution in [0.25, 0.3) is 0 Å². The molecule has 0 saturated carbocycles. The zero-order valence-electron chi connectivity index (χ0n) is 11.4. The molecule has 3 amide bonds. The number of benzene rings is 1. The van der Waals surface area contributed by atoms with Crippen LogP contribution in [-0.2, 0) is 0 Å². The summed E-state index contributed by atoms with van der Waals surface area (Å²) in [6.07, 6.45) is -0.549. The van der Waals surface area contributed by atoms with Crippen LogP contribution in [0.4, 0.5) is 15.3 Å². The number of carbonyl (C=O) groups is 2. The normalized spacial score (nSPS) is 9.63. The van der Waals surface area contributed by atoms with Crippen molar-refractivity contribution in [1.29, 1.82) is 0 Å². The molecule has 0 fully saturated rings. The van der Waals surface area contributed by atoms with Gasteiger partial charge in [0.25, 0.3) is 0 Å². The zero-order chi connectivity index (χ0) is 14.3. The van der Waals surface area contributed by atoms with E-state index in [-0.39, 0.29) is 6.03 Å². The van der Waals surface area contributed by atoms with Crippen LogP contribution in [0.1, 0.15) is 13.8 Å². The summed E-state index contributed by atoms with van der Waals surface area (Å²) in [6.45, 7) is 5.09. The lowest BCUT2D eigenvalue weighted by Crippen LogP contribution is -2.34. The van der Waals surface area contributed by atoms with Crippen LogP contribution in [0.3, 0.4) is 0 Å². The fourth-order valence-electron chi connectivity index (χ4n) is 1.51. The maximum atomic E-state index is 11.9. The van der Waals surface area contributed by atoms with Gasteiger partial charge in [-0.1, -0.05) is 6.07 Å². The summed E-state index contributed by atoms with van der Waals surface area (Å²) < 4.78 is 4.98. The van der Waals surface area contributed by atoms with Gasteiger partial charge in [-0.15, -0.1) is 0 Å². The van der Waals surface area contributed by atoms with Crippen LogP contribution in [0.2, 0.25) is 0 Å². The fourth-order valence-corrected chi connectivity index (χ4v) is 1.51. The molecule has 0 saturated heterocycles. The van der Waals surface area contributed by atoms with Crippen LogP contribution in [0.15, 0.2) is 24.3 Å². The lowest BCUT2D eigenvalue weighted by Gasteiger charge is -2.19. The van der Waals surface area contributed by atoms with Crippen LogP contribution in [-0.4, -0.2) is 37.2 Å². The minimum Gasteiger partial charge on any atom is -0.410 e. The molecule has 0 aliphatic rings. The number of amides is 3. The van der Waals surface area contributed by atoms with Crippen LogP contribution < -0.4 is 15.4 Å². The van der Waals surface area contributed by atoms with Crippen molar-refractivity contribution in [2.75, 3.05) is 25.5 Å². The SMILES string of the molecule is CCN(CC)C(=O)Nc1cccc(OC(=O)NC)c1. The molecular weight excluding hydrogens is 246 g/mol. The second-order valence-electron chi connectivity index (χ2n) is 3.77. The minimum atomic E-state index is -0.549. The number of urea groups is 1. The van der Waals surface area contributed by atoms with E-state index in [1.54, 1.807) is 29.2 Å². The standard InChI is InChI=1S/C13H19N3O3/c1-4-16(5-2)12(17)15-10-7-6-8-11(9-10)19-13(18)14-3/h6-9H,4-5H2,1-3H3,(H,14,18)(H,15,17). The average molecular weight is 265 g/mol. The third-order valence-corrected chi connectivity index (χ3v) is 2.55. The molecule has 104 valence electrons. The van der Waals surface area contributed by atoms with Gasteiger partial charge < -0.3 is 20.3 Å². The number of hydrogen-bond acceptors (Lipinski definition) is 3. The Morgan fingerprint density at radius 1 is 1.26 bits per heavy atom. The van der Waals surface area contributed by atoms with E-state index in [9.17, 15) is 9.59 Å². The van der Waals surface area contributed by atoms with Gasteiger partial charge in [0, 0.05) is 31.9 Å². The Morgan fingerprint density at radius 2 is 1.95 bits per heavy atom. The highest BCUT2D eigenvalue weighted by Gasteiger charge is 2.10. The summed E-state index contributed by atoms with van der Waals surface area (Å²) in [5, 5.41) is 5.10. The van der Waals surface area contributed by atoms with Crippen LogP contribution in [0.5, 0.6) is 5.75 Å². The van der Waals surface area contributed by atoms with E-state index >= 15 is 0 Å². The lowest BCUT2D eigenvalue weighted by atomic mass is 10.3. The predicted molar refractivity (Wildman–Crippen MR) is 73.5 cm³/mol. The van der Waals surface area contributed by atoms with Gasteiger partial charge in [-0.25, -0.2) is 9.59 Å². The van der Waals surface area contributed by atoms with Gasteiger partial charge in [-0.3, -0.25) is 0 Å². The zero-order valence-corrected chi connectivity index (χ0v) is 11.4. The van der Waals surface area contributed by atoms with E-state index < -0.39 is 6.09 Å². The van der Waals surface area contributed by atoms with Gasteiger partial charge in [0.15, 0.2) is 0 Å². The van der Waals surface area contributed by atoms with Crippen molar-refractivity contribution in [3.05, 3.63) is 24.3 Å². The van der Waals surface area contributed by atoms with E-state index in [1.807, 2.05) is 13.8 Å². The first-order chi connectivity index (χ1) is 9.10. The topological polar surface area (TPSA) is 70.7 Å². The Labute approximate surface area is 112 Å². The van der Waals surface area contributed by atoms with Gasteiger partial charge in [-0.05, 0) is 26.0 Å². The molecule has 0 spiro atoms. The van der Waals surface area contributed by atoms with Crippen molar-refractivity contribution >= 4 is 17.8 Å². The first kappa shape index (κ1) is 14.8. The quantitative estimate of drug-likeness (QED) is 0.877. The Balaban J connectivity index is 2.71. The summed E-state index contributed by atoms with van der Waals surface area (Å²) in [7, 11) is 1.48. The molecule has 0 heterocycles. The molecular formula is C13H19N3O3. The Hall–Kier alpha value is -2.24. The van der Waals surface area contributed by atoms with E-state index in [0.29, 0.717) is 24.5 Å². The highest BCUT2D eigenvalue weighted by atomic mass is 16.5. The van der Waals surface area contributed by atoms with Crippen molar-refractivity contribution in [2.24, 2.45) is 0 Å². The van der Waals surface area contributed by atoms with Crippen LogP contribution in [0, 0.1) is 0 Å². The summed E-state index contributed by atoms with van der Waals surface area (Å²) in [6, 6.07) is 6.50. The van der Waals surface area contributed by atoms with Crippen molar-refractivity contribution in [3.63, 3.8) is 0 Å². The number of carbonyl (C=O) groups excluding carboxylic acids is 2. The molecule has 0 aliphatic heterocycles. The van der Waals surface area contributed by atoms with Crippen molar-refractivity contribution in [3.8, 4) is 5.75 Å². The van der Waals surface area contributed by atoms with Gasteiger partial charge >= 0.3 is 12.1 Å². The molecule has 0 bridgehead atoms. The van der Waals surface area contributed by atoms with Crippen molar-refractivity contribution in [2.45, 2.75) is 13.8 Å². The highest BCUT2D eigenvalue weighted by molar-refractivity contribution is 5.89. The molecule has 19 heavy (non-hydrogen) atoms. The molecule has 6 nitrogen and oxygen atoms in total. The molecule has 0 unspecified atom stereocenters. The third-order valence-electron chi connectivity index (χ3n) is 2.55. The Kier molecular flexibility index (Phi) is 5.66. The molecule has 1 aromatic carbocycles. The summed E-state index contributed by atoms with van der Waals surface area (Å²) in [4.78, 5) is 24.6. The predicted octanol–water partition coefficient (Wildman–Crippen LogP) is 2.28. The molecule has 0 aromatic heterocycles. The van der Waals surface area contributed by atoms with Crippen molar-refractivity contribution in [1.82, 2.24) is 10.2 Å². The Morgan fingerprint density at radius 3 is 2.53 bits per heavy atom. The monoisotopic (exact) mass is 265 g/mol. The van der Waals surface area contributed by atoms with Gasteiger partial charge in [0.1, 0.15) is 5.75 Å². The number of nitrogens with zero attached hydrogens (tertiary/aromatic N) is 1. The average Bonchev–Trinajstić information content (AvgIpc) is 2.40. The molecule has 0 radical (unpaired) electrons. The summed E-state index contributed by atoms with van der Waals surface area (Å²) in [5.41, 5.74) is 0.582. The number of hydrogen-bond donors (Lipinski definition) is 2. The summed E-state index contributed by atoms with van der Waals surface area (Å²) in [5.74, 6) is 0.372. The molecule has 0 atom stereocenters. The lowest BCUT2D eigenvalue weighted by molar-refractivity contribution is 0.203. The number of anilines is 1.